The van der Waals surface area contributed by atoms with E-state index in [0.717, 1.165) is 5.56 Å². The number of rotatable bonds is 4. The molecule has 0 saturated carbocycles. The van der Waals surface area contributed by atoms with Crippen LogP contribution in [0.4, 0.5) is 5.69 Å². The van der Waals surface area contributed by atoms with E-state index < -0.39 is 17.7 Å². The number of aliphatic hydroxyl groups excluding tert-OH is 1. The van der Waals surface area contributed by atoms with Gasteiger partial charge >= 0.3 is 0 Å². The largest absolute Gasteiger partial charge is 0.508 e. The number of hydrogen-bond acceptors (Lipinski definition) is 5. The molecule has 3 aromatic rings. The average Bonchev–Trinajstić information content (AvgIpc) is 3.05. The zero-order valence-electron chi connectivity index (χ0n) is 17.1. The van der Waals surface area contributed by atoms with Gasteiger partial charge < -0.3 is 14.9 Å². The highest BCUT2D eigenvalue weighted by Crippen LogP contribution is 2.42. The van der Waals surface area contributed by atoms with Crippen LogP contribution in [0.2, 0.25) is 0 Å². The first kappa shape index (κ1) is 20.2. The third-order valence-electron chi connectivity index (χ3n) is 5.31. The van der Waals surface area contributed by atoms with Crippen molar-refractivity contribution in [2.24, 2.45) is 0 Å². The van der Waals surface area contributed by atoms with Crippen molar-refractivity contribution in [1.29, 1.82) is 0 Å². The van der Waals surface area contributed by atoms with Gasteiger partial charge in [0.25, 0.3) is 11.7 Å². The van der Waals surface area contributed by atoms with Crippen LogP contribution in [0.3, 0.4) is 0 Å². The number of hydrogen-bond donors (Lipinski definition) is 2. The SMILES string of the molecule is COc1cccc(/C(O)=C2/C(=O)C(=O)N(c3ccc(C)cc3)C2c2ccc(O)cc2)c1. The Morgan fingerprint density at radius 2 is 1.65 bits per heavy atom. The second-order valence-corrected chi connectivity index (χ2v) is 7.33. The smallest absolute Gasteiger partial charge is 0.300 e. The van der Waals surface area contributed by atoms with Gasteiger partial charge in [-0.3, -0.25) is 14.5 Å². The number of nitrogens with zero attached hydrogens (tertiary/aromatic N) is 1. The zero-order valence-corrected chi connectivity index (χ0v) is 17.1. The number of phenolic OH excluding ortho intramolecular Hbond substituents is 1. The Bertz CT molecular complexity index is 1180. The zero-order chi connectivity index (χ0) is 22.1. The number of aromatic hydroxyl groups is 1. The van der Waals surface area contributed by atoms with Crippen molar-refractivity contribution >= 4 is 23.1 Å². The fourth-order valence-electron chi connectivity index (χ4n) is 3.70. The van der Waals surface area contributed by atoms with E-state index in [-0.39, 0.29) is 17.1 Å². The molecule has 1 aliphatic rings. The summed E-state index contributed by atoms with van der Waals surface area (Å²) in [6.45, 7) is 1.93. The maximum absolute atomic E-state index is 13.1. The number of amides is 1. The molecule has 0 bridgehead atoms. The lowest BCUT2D eigenvalue weighted by Crippen LogP contribution is -2.29. The Hall–Kier alpha value is -4.06. The molecule has 1 heterocycles. The fraction of sp³-hybridized carbons (Fsp3) is 0.120. The third-order valence-corrected chi connectivity index (χ3v) is 5.31. The van der Waals surface area contributed by atoms with E-state index in [1.165, 1.54) is 24.1 Å². The summed E-state index contributed by atoms with van der Waals surface area (Å²) in [4.78, 5) is 27.5. The number of ketones is 1. The Balaban J connectivity index is 1.93. The average molecular weight is 415 g/mol. The predicted octanol–water partition coefficient (Wildman–Crippen LogP) is 4.34. The van der Waals surface area contributed by atoms with Crippen LogP contribution in [0.5, 0.6) is 11.5 Å². The van der Waals surface area contributed by atoms with E-state index in [1.807, 2.05) is 19.1 Å². The van der Waals surface area contributed by atoms with Gasteiger partial charge in [0.05, 0.1) is 18.7 Å². The molecule has 6 nitrogen and oxygen atoms in total. The molecular formula is C25H21NO5. The summed E-state index contributed by atoms with van der Waals surface area (Å²) in [6.07, 6.45) is 0. The monoisotopic (exact) mass is 415 g/mol. The summed E-state index contributed by atoms with van der Waals surface area (Å²) in [5.74, 6) is -1.22. The van der Waals surface area contributed by atoms with Crippen molar-refractivity contribution in [2.45, 2.75) is 13.0 Å². The minimum absolute atomic E-state index is 0.0236. The summed E-state index contributed by atoms with van der Waals surface area (Å²) in [5.41, 5.74) is 2.48. The highest BCUT2D eigenvalue weighted by Gasteiger charge is 2.46. The summed E-state index contributed by atoms with van der Waals surface area (Å²) in [6, 6.07) is 19.3. The van der Waals surface area contributed by atoms with Crippen molar-refractivity contribution in [1.82, 2.24) is 0 Å². The van der Waals surface area contributed by atoms with Crippen molar-refractivity contribution in [3.05, 3.63) is 95.1 Å². The van der Waals surface area contributed by atoms with Crippen LogP contribution in [0, 0.1) is 6.92 Å². The highest BCUT2D eigenvalue weighted by molar-refractivity contribution is 6.51. The van der Waals surface area contributed by atoms with Gasteiger partial charge in [-0.2, -0.15) is 0 Å². The number of methoxy groups -OCH3 is 1. The van der Waals surface area contributed by atoms with Gasteiger partial charge in [-0.15, -0.1) is 0 Å². The van der Waals surface area contributed by atoms with Gasteiger partial charge in [0, 0.05) is 11.3 Å². The number of carbonyl (C=O) groups is 2. The van der Waals surface area contributed by atoms with Crippen LogP contribution in [0.15, 0.2) is 78.4 Å². The lowest BCUT2D eigenvalue weighted by atomic mass is 9.95. The van der Waals surface area contributed by atoms with Crippen LogP contribution in [0.25, 0.3) is 5.76 Å². The normalized spacial score (nSPS) is 17.7. The Kier molecular flexibility index (Phi) is 5.21. The second-order valence-electron chi connectivity index (χ2n) is 7.33. The molecule has 31 heavy (non-hydrogen) atoms. The van der Waals surface area contributed by atoms with Crippen molar-refractivity contribution in [3.63, 3.8) is 0 Å². The molecule has 4 rings (SSSR count). The van der Waals surface area contributed by atoms with E-state index in [4.69, 9.17) is 4.74 Å². The molecule has 1 fully saturated rings. The van der Waals surface area contributed by atoms with Gasteiger partial charge in [-0.25, -0.2) is 0 Å². The number of phenols is 1. The maximum atomic E-state index is 13.1. The summed E-state index contributed by atoms with van der Waals surface area (Å²) >= 11 is 0. The first-order chi connectivity index (χ1) is 14.9. The van der Waals surface area contributed by atoms with Crippen LogP contribution in [-0.2, 0) is 9.59 Å². The van der Waals surface area contributed by atoms with Crippen molar-refractivity contribution in [3.8, 4) is 11.5 Å². The van der Waals surface area contributed by atoms with Crippen LogP contribution < -0.4 is 9.64 Å². The first-order valence-corrected chi connectivity index (χ1v) is 9.71. The van der Waals surface area contributed by atoms with E-state index in [2.05, 4.69) is 0 Å². The van der Waals surface area contributed by atoms with E-state index >= 15 is 0 Å². The van der Waals surface area contributed by atoms with Crippen LogP contribution in [-0.4, -0.2) is 29.0 Å². The number of aryl methyl sites for hydroxylation is 1. The number of benzene rings is 3. The molecule has 0 radical (unpaired) electrons. The molecule has 1 saturated heterocycles. The van der Waals surface area contributed by atoms with Crippen LogP contribution in [0.1, 0.15) is 22.7 Å². The Labute approximate surface area is 179 Å². The summed E-state index contributed by atoms with van der Waals surface area (Å²) < 4.78 is 5.22. The standard InChI is InChI=1S/C25H21NO5/c1-15-6-10-18(11-7-15)26-22(16-8-12-19(27)13-9-16)21(24(29)25(26)30)23(28)17-4-3-5-20(14-17)31-2/h3-14,22,27-28H,1-2H3/b23-21-. The number of anilines is 1. The fourth-order valence-corrected chi connectivity index (χ4v) is 3.70. The molecule has 0 spiro atoms. The lowest BCUT2D eigenvalue weighted by molar-refractivity contribution is -0.132. The molecule has 1 atom stereocenters. The van der Waals surface area contributed by atoms with Gasteiger partial charge in [0.2, 0.25) is 0 Å². The van der Waals surface area contributed by atoms with Crippen molar-refractivity contribution in [2.75, 3.05) is 12.0 Å². The topological polar surface area (TPSA) is 87.1 Å². The molecule has 1 aliphatic heterocycles. The molecular weight excluding hydrogens is 394 g/mol. The predicted molar refractivity (Wildman–Crippen MR) is 117 cm³/mol. The van der Waals surface area contributed by atoms with E-state index in [9.17, 15) is 19.8 Å². The molecule has 2 N–H and O–H groups in total. The van der Waals surface area contributed by atoms with Crippen molar-refractivity contribution < 1.29 is 24.5 Å². The van der Waals surface area contributed by atoms with Gasteiger partial charge in [0.1, 0.15) is 17.3 Å². The van der Waals surface area contributed by atoms with Gasteiger partial charge in [-0.1, -0.05) is 42.0 Å². The number of Topliss-reactive ketones (excluding diaryl/α,β-unsaturated/α-hetero) is 1. The Morgan fingerprint density at radius 1 is 0.968 bits per heavy atom. The van der Waals surface area contributed by atoms with Gasteiger partial charge in [0.15, 0.2) is 0 Å². The molecule has 0 aliphatic carbocycles. The maximum Gasteiger partial charge on any atom is 0.300 e. The molecule has 0 aromatic heterocycles. The molecule has 1 amide bonds. The second kappa shape index (κ2) is 7.99. The molecule has 6 heteroatoms. The van der Waals surface area contributed by atoms with E-state index in [0.29, 0.717) is 22.6 Å². The Morgan fingerprint density at radius 3 is 2.29 bits per heavy atom. The number of carbonyl (C=O) groups excluding carboxylic acids is 2. The first-order valence-electron chi connectivity index (χ1n) is 9.71. The molecule has 156 valence electrons. The third kappa shape index (κ3) is 3.64. The highest BCUT2D eigenvalue weighted by atomic mass is 16.5. The number of aliphatic hydroxyl groups is 1. The quantitative estimate of drug-likeness (QED) is 0.376. The lowest BCUT2D eigenvalue weighted by Gasteiger charge is -2.25. The van der Waals surface area contributed by atoms with E-state index in [1.54, 1.807) is 48.5 Å². The summed E-state index contributed by atoms with van der Waals surface area (Å²) in [7, 11) is 1.51. The minimum atomic E-state index is -0.852. The molecule has 1 unspecified atom stereocenters. The summed E-state index contributed by atoms with van der Waals surface area (Å²) in [5, 5.41) is 20.8. The molecule has 3 aromatic carbocycles. The minimum Gasteiger partial charge on any atom is -0.508 e. The number of ether oxygens (including phenoxy) is 1. The van der Waals surface area contributed by atoms with Gasteiger partial charge in [-0.05, 0) is 48.9 Å². The van der Waals surface area contributed by atoms with Crippen LogP contribution >= 0.6 is 0 Å².